The molecule has 94 valence electrons. The van der Waals surface area contributed by atoms with Crippen LogP contribution in [-0.2, 0) is 11.2 Å². The van der Waals surface area contributed by atoms with Gasteiger partial charge in [-0.2, -0.15) is 0 Å². The summed E-state index contributed by atoms with van der Waals surface area (Å²) in [5, 5.41) is 3.29. The smallest absolute Gasteiger partial charge is 0.152 e. The number of rotatable bonds is 6. The Kier molecular flexibility index (Phi) is 5.22. The lowest BCUT2D eigenvalue weighted by Crippen LogP contribution is -2.44. The molecular formula is C13H21N3O. The van der Waals surface area contributed by atoms with Gasteiger partial charge in [0.05, 0.1) is 11.7 Å². The Balaban J connectivity index is 2.74. The summed E-state index contributed by atoms with van der Waals surface area (Å²) in [6.07, 6.45) is 5.60. The zero-order valence-corrected chi connectivity index (χ0v) is 11.0. The van der Waals surface area contributed by atoms with Gasteiger partial charge in [-0.05, 0) is 0 Å². The van der Waals surface area contributed by atoms with Crippen molar-refractivity contribution in [1.82, 2.24) is 15.3 Å². The fraction of sp³-hybridized carbons (Fsp3) is 0.615. The molecule has 0 aliphatic carbocycles. The van der Waals surface area contributed by atoms with Crippen LogP contribution in [0.4, 0.5) is 0 Å². The molecule has 1 N–H and O–H groups in total. The van der Waals surface area contributed by atoms with E-state index in [0.717, 1.165) is 5.69 Å². The van der Waals surface area contributed by atoms with Gasteiger partial charge >= 0.3 is 0 Å². The number of aromatic nitrogens is 2. The predicted molar refractivity (Wildman–Crippen MR) is 67.6 cm³/mol. The monoisotopic (exact) mass is 235 g/mol. The predicted octanol–water partition coefficient (Wildman–Crippen LogP) is 1.61. The lowest BCUT2D eigenvalue weighted by atomic mass is 9.97. The van der Waals surface area contributed by atoms with Gasteiger partial charge in [-0.1, -0.05) is 27.7 Å². The molecule has 0 bridgehead atoms. The van der Waals surface area contributed by atoms with E-state index in [2.05, 4.69) is 15.3 Å². The minimum Gasteiger partial charge on any atom is -0.305 e. The first-order valence-corrected chi connectivity index (χ1v) is 6.05. The molecule has 0 radical (unpaired) electrons. The highest BCUT2D eigenvalue weighted by Crippen LogP contribution is 2.06. The van der Waals surface area contributed by atoms with Gasteiger partial charge in [0.25, 0.3) is 0 Å². The van der Waals surface area contributed by atoms with E-state index < -0.39 is 0 Å². The van der Waals surface area contributed by atoms with Crippen LogP contribution in [0, 0.1) is 5.92 Å². The van der Waals surface area contributed by atoms with Gasteiger partial charge in [0.2, 0.25) is 0 Å². The van der Waals surface area contributed by atoms with Crippen LogP contribution in [0.1, 0.15) is 33.4 Å². The van der Waals surface area contributed by atoms with E-state index in [0.29, 0.717) is 6.42 Å². The molecule has 0 saturated carbocycles. The van der Waals surface area contributed by atoms with E-state index in [4.69, 9.17) is 0 Å². The fourth-order valence-electron chi connectivity index (χ4n) is 1.69. The van der Waals surface area contributed by atoms with Crippen molar-refractivity contribution in [3.8, 4) is 0 Å². The van der Waals surface area contributed by atoms with Crippen molar-refractivity contribution >= 4 is 5.78 Å². The van der Waals surface area contributed by atoms with Crippen LogP contribution in [0.25, 0.3) is 0 Å². The molecule has 1 heterocycles. The minimum absolute atomic E-state index is 0.0305. The molecule has 4 heteroatoms. The number of hydrogen-bond donors (Lipinski definition) is 1. The van der Waals surface area contributed by atoms with E-state index in [1.807, 2.05) is 27.7 Å². The number of hydrogen-bond acceptors (Lipinski definition) is 4. The summed E-state index contributed by atoms with van der Waals surface area (Å²) in [6, 6.07) is 0.103. The Labute approximate surface area is 103 Å². The highest BCUT2D eigenvalue weighted by atomic mass is 16.1. The molecule has 1 rings (SSSR count). The van der Waals surface area contributed by atoms with Crippen molar-refractivity contribution in [2.45, 2.75) is 46.2 Å². The Hall–Kier alpha value is -1.29. The lowest BCUT2D eigenvalue weighted by molar-refractivity contribution is -0.124. The molecule has 1 aromatic rings. The topological polar surface area (TPSA) is 54.9 Å². The molecule has 0 aliphatic heterocycles. The van der Waals surface area contributed by atoms with Crippen LogP contribution in [0.5, 0.6) is 0 Å². The number of carbonyl (C=O) groups is 1. The van der Waals surface area contributed by atoms with E-state index in [1.165, 1.54) is 0 Å². The third-order valence-electron chi connectivity index (χ3n) is 2.48. The fourth-order valence-corrected chi connectivity index (χ4v) is 1.69. The quantitative estimate of drug-likeness (QED) is 0.814. The van der Waals surface area contributed by atoms with Crippen molar-refractivity contribution < 1.29 is 4.79 Å². The average Bonchev–Trinajstić information content (AvgIpc) is 2.28. The maximum absolute atomic E-state index is 12.1. The van der Waals surface area contributed by atoms with Gasteiger partial charge < -0.3 is 5.32 Å². The Bertz CT molecular complexity index is 349. The van der Waals surface area contributed by atoms with Crippen LogP contribution in [-0.4, -0.2) is 27.8 Å². The zero-order chi connectivity index (χ0) is 12.8. The summed E-state index contributed by atoms with van der Waals surface area (Å²) < 4.78 is 0. The van der Waals surface area contributed by atoms with Crippen molar-refractivity contribution in [1.29, 1.82) is 0 Å². The highest BCUT2D eigenvalue weighted by Gasteiger charge is 2.22. The number of nitrogens with zero attached hydrogens (tertiary/aromatic N) is 2. The third-order valence-corrected chi connectivity index (χ3v) is 2.48. The first-order valence-electron chi connectivity index (χ1n) is 6.05. The Morgan fingerprint density at radius 3 is 2.47 bits per heavy atom. The normalized spacial score (nSPS) is 13.1. The van der Waals surface area contributed by atoms with E-state index in [1.54, 1.807) is 18.6 Å². The first kappa shape index (κ1) is 13.8. The first-order chi connectivity index (χ1) is 8.00. The Morgan fingerprint density at radius 1 is 1.29 bits per heavy atom. The number of ketones is 1. The molecule has 0 saturated heterocycles. The SMILES string of the molecule is CC(C)N[C@@H](Cc1cnccn1)C(=O)C(C)C. The van der Waals surface area contributed by atoms with Crippen LogP contribution >= 0.6 is 0 Å². The average molecular weight is 235 g/mol. The number of carbonyl (C=O) groups excluding carboxylic acids is 1. The van der Waals surface area contributed by atoms with Gasteiger partial charge in [-0.15, -0.1) is 0 Å². The maximum Gasteiger partial charge on any atom is 0.152 e. The Morgan fingerprint density at radius 2 is 2.00 bits per heavy atom. The summed E-state index contributed by atoms with van der Waals surface area (Å²) >= 11 is 0. The van der Waals surface area contributed by atoms with Crippen molar-refractivity contribution in [3.05, 3.63) is 24.3 Å². The van der Waals surface area contributed by atoms with Gasteiger partial charge in [0, 0.05) is 37.0 Å². The summed E-state index contributed by atoms with van der Waals surface area (Å²) in [5.74, 6) is 0.257. The molecule has 0 fully saturated rings. The van der Waals surface area contributed by atoms with Crippen LogP contribution in [0.2, 0.25) is 0 Å². The second-order valence-corrected chi connectivity index (χ2v) is 4.83. The molecule has 17 heavy (non-hydrogen) atoms. The summed E-state index contributed by atoms with van der Waals surface area (Å²) in [6.45, 7) is 7.93. The molecule has 1 atom stereocenters. The van der Waals surface area contributed by atoms with E-state index in [-0.39, 0.29) is 23.8 Å². The van der Waals surface area contributed by atoms with Gasteiger partial charge in [-0.3, -0.25) is 14.8 Å². The second-order valence-electron chi connectivity index (χ2n) is 4.83. The molecule has 0 amide bonds. The number of nitrogens with one attached hydrogen (secondary N) is 1. The molecule has 0 aromatic carbocycles. The zero-order valence-electron chi connectivity index (χ0n) is 11.0. The molecule has 0 aliphatic rings. The highest BCUT2D eigenvalue weighted by molar-refractivity contribution is 5.86. The van der Waals surface area contributed by atoms with Crippen molar-refractivity contribution in [3.63, 3.8) is 0 Å². The van der Waals surface area contributed by atoms with Gasteiger partial charge in [0.15, 0.2) is 5.78 Å². The van der Waals surface area contributed by atoms with Crippen molar-refractivity contribution in [2.24, 2.45) is 5.92 Å². The largest absolute Gasteiger partial charge is 0.305 e. The summed E-state index contributed by atoms with van der Waals surface area (Å²) in [7, 11) is 0. The van der Waals surface area contributed by atoms with E-state index >= 15 is 0 Å². The summed E-state index contributed by atoms with van der Waals surface area (Å²) in [4.78, 5) is 20.3. The maximum atomic E-state index is 12.1. The van der Waals surface area contributed by atoms with Crippen LogP contribution in [0.3, 0.4) is 0 Å². The second kappa shape index (κ2) is 6.45. The van der Waals surface area contributed by atoms with Crippen LogP contribution in [0.15, 0.2) is 18.6 Å². The van der Waals surface area contributed by atoms with Crippen molar-refractivity contribution in [2.75, 3.05) is 0 Å². The lowest BCUT2D eigenvalue weighted by Gasteiger charge is -2.21. The molecule has 0 unspecified atom stereocenters. The minimum atomic E-state index is -0.174. The molecule has 1 aromatic heterocycles. The third kappa shape index (κ3) is 4.61. The van der Waals surface area contributed by atoms with E-state index in [9.17, 15) is 4.79 Å². The van der Waals surface area contributed by atoms with Gasteiger partial charge in [-0.25, -0.2) is 0 Å². The summed E-state index contributed by atoms with van der Waals surface area (Å²) in [5.41, 5.74) is 0.847. The van der Waals surface area contributed by atoms with Crippen LogP contribution < -0.4 is 5.32 Å². The van der Waals surface area contributed by atoms with Gasteiger partial charge in [0.1, 0.15) is 0 Å². The molecule has 4 nitrogen and oxygen atoms in total. The molecular weight excluding hydrogens is 214 g/mol. The molecule has 0 spiro atoms. The standard InChI is InChI=1S/C13H21N3O/c1-9(2)13(17)12(16-10(3)4)7-11-8-14-5-6-15-11/h5-6,8-10,12,16H,7H2,1-4H3/t12-/m0/s1. The number of Topliss-reactive ketones (excluding diaryl/α,β-unsaturated/α-hetero) is 1.